The molecule has 0 radical (unpaired) electrons. The minimum Gasteiger partial charge on any atom is -0.496 e. The highest BCUT2D eigenvalue weighted by Crippen LogP contribution is 2.33. The van der Waals surface area contributed by atoms with Crippen LogP contribution in [0.15, 0.2) is 18.2 Å². The van der Waals surface area contributed by atoms with Crippen molar-refractivity contribution in [1.82, 2.24) is 0 Å². The highest BCUT2D eigenvalue weighted by Gasteiger charge is 2.26. The Bertz CT molecular complexity index is 339. The second kappa shape index (κ2) is 4.84. The summed E-state index contributed by atoms with van der Waals surface area (Å²) >= 11 is 5.88. The lowest BCUT2D eigenvalue weighted by Crippen LogP contribution is -2.25. The zero-order chi connectivity index (χ0) is 11.5. The van der Waals surface area contributed by atoms with Crippen molar-refractivity contribution in [2.45, 2.75) is 18.9 Å². The van der Waals surface area contributed by atoms with Crippen molar-refractivity contribution in [3.05, 3.63) is 28.8 Å². The van der Waals surface area contributed by atoms with E-state index in [4.69, 9.17) is 22.1 Å². The molecule has 0 aliphatic rings. The van der Waals surface area contributed by atoms with E-state index < -0.39 is 5.60 Å². The summed E-state index contributed by atoms with van der Waals surface area (Å²) in [5, 5.41) is 10.8. The lowest BCUT2D eigenvalue weighted by Gasteiger charge is -2.25. The van der Waals surface area contributed by atoms with Gasteiger partial charge in [-0.1, -0.05) is 11.6 Å². The predicted octanol–water partition coefficient (Wildman–Crippen LogP) is 1.90. The van der Waals surface area contributed by atoms with Crippen LogP contribution in [0.3, 0.4) is 0 Å². The van der Waals surface area contributed by atoms with Crippen LogP contribution in [0.4, 0.5) is 0 Å². The second-order valence-corrected chi connectivity index (χ2v) is 4.09. The molecule has 4 heteroatoms. The summed E-state index contributed by atoms with van der Waals surface area (Å²) in [4.78, 5) is 0. The SMILES string of the molecule is COc1ccc(Cl)cc1C(C)(O)CCN. The Morgan fingerprint density at radius 1 is 1.53 bits per heavy atom. The smallest absolute Gasteiger partial charge is 0.125 e. The number of halogens is 1. The van der Waals surface area contributed by atoms with Crippen LogP contribution in [0.2, 0.25) is 5.02 Å². The van der Waals surface area contributed by atoms with E-state index in [2.05, 4.69) is 0 Å². The number of ether oxygens (including phenoxy) is 1. The number of nitrogens with two attached hydrogens (primary N) is 1. The van der Waals surface area contributed by atoms with Gasteiger partial charge in [-0.05, 0) is 38.1 Å². The van der Waals surface area contributed by atoms with Crippen molar-refractivity contribution in [2.24, 2.45) is 5.73 Å². The Morgan fingerprint density at radius 2 is 2.20 bits per heavy atom. The maximum Gasteiger partial charge on any atom is 0.125 e. The largest absolute Gasteiger partial charge is 0.496 e. The molecule has 0 fully saturated rings. The summed E-state index contributed by atoms with van der Waals surface area (Å²) in [7, 11) is 1.56. The van der Waals surface area contributed by atoms with Gasteiger partial charge in [0.2, 0.25) is 0 Å². The Morgan fingerprint density at radius 3 is 2.73 bits per heavy atom. The maximum atomic E-state index is 10.2. The third-order valence-electron chi connectivity index (χ3n) is 2.37. The first-order valence-corrected chi connectivity index (χ1v) is 5.15. The van der Waals surface area contributed by atoms with Gasteiger partial charge in [-0.2, -0.15) is 0 Å². The number of rotatable bonds is 4. The summed E-state index contributed by atoms with van der Waals surface area (Å²) in [6, 6.07) is 5.17. The standard InChI is InChI=1S/C11H16ClNO2/c1-11(14,5-6-13)9-7-8(12)3-4-10(9)15-2/h3-4,7,14H,5-6,13H2,1-2H3. The Balaban J connectivity index is 3.15. The fourth-order valence-electron chi connectivity index (χ4n) is 1.52. The van der Waals surface area contributed by atoms with Gasteiger partial charge in [0, 0.05) is 10.6 Å². The average Bonchev–Trinajstić information content (AvgIpc) is 2.17. The van der Waals surface area contributed by atoms with Crippen LogP contribution in [-0.4, -0.2) is 18.8 Å². The maximum absolute atomic E-state index is 10.2. The third kappa shape index (κ3) is 2.84. The molecule has 1 rings (SSSR count). The van der Waals surface area contributed by atoms with Crippen LogP contribution in [0.5, 0.6) is 5.75 Å². The Labute approximate surface area is 94.8 Å². The molecule has 3 N–H and O–H groups in total. The number of aliphatic hydroxyl groups is 1. The van der Waals surface area contributed by atoms with Gasteiger partial charge < -0.3 is 15.6 Å². The monoisotopic (exact) mass is 229 g/mol. The van der Waals surface area contributed by atoms with Gasteiger partial charge in [-0.25, -0.2) is 0 Å². The molecular formula is C11H16ClNO2. The molecule has 3 nitrogen and oxygen atoms in total. The summed E-state index contributed by atoms with van der Waals surface area (Å²) < 4.78 is 5.17. The fourth-order valence-corrected chi connectivity index (χ4v) is 1.69. The van der Waals surface area contributed by atoms with Crippen molar-refractivity contribution in [2.75, 3.05) is 13.7 Å². The molecule has 0 spiro atoms. The van der Waals surface area contributed by atoms with E-state index in [9.17, 15) is 5.11 Å². The minimum absolute atomic E-state index is 0.405. The van der Waals surface area contributed by atoms with E-state index in [0.29, 0.717) is 29.3 Å². The molecule has 1 aromatic rings. The fraction of sp³-hybridized carbons (Fsp3) is 0.455. The van der Waals surface area contributed by atoms with E-state index in [1.807, 2.05) is 0 Å². The average molecular weight is 230 g/mol. The molecule has 1 atom stereocenters. The van der Waals surface area contributed by atoms with Gasteiger partial charge >= 0.3 is 0 Å². The zero-order valence-electron chi connectivity index (χ0n) is 8.96. The van der Waals surface area contributed by atoms with Crippen LogP contribution < -0.4 is 10.5 Å². The normalized spacial score (nSPS) is 14.7. The van der Waals surface area contributed by atoms with Gasteiger partial charge in [0.05, 0.1) is 12.7 Å². The van der Waals surface area contributed by atoms with E-state index in [1.54, 1.807) is 32.2 Å². The van der Waals surface area contributed by atoms with Crippen molar-refractivity contribution in [1.29, 1.82) is 0 Å². The molecule has 1 aromatic carbocycles. The minimum atomic E-state index is -1.01. The predicted molar refractivity (Wildman–Crippen MR) is 61.2 cm³/mol. The Kier molecular flexibility index (Phi) is 3.97. The lowest BCUT2D eigenvalue weighted by atomic mass is 9.92. The summed E-state index contributed by atoms with van der Waals surface area (Å²) in [6.45, 7) is 2.11. The molecule has 0 saturated heterocycles. The molecule has 0 amide bonds. The summed E-state index contributed by atoms with van der Waals surface area (Å²) in [6.07, 6.45) is 0.462. The summed E-state index contributed by atoms with van der Waals surface area (Å²) in [5.74, 6) is 0.623. The molecule has 0 aromatic heterocycles. The molecule has 84 valence electrons. The topological polar surface area (TPSA) is 55.5 Å². The first-order chi connectivity index (χ1) is 7.01. The molecular weight excluding hydrogens is 214 g/mol. The second-order valence-electron chi connectivity index (χ2n) is 3.66. The number of benzene rings is 1. The van der Waals surface area contributed by atoms with Gasteiger partial charge in [-0.3, -0.25) is 0 Å². The van der Waals surface area contributed by atoms with Crippen LogP contribution >= 0.6 is 11.6 Å². The van der Waals surface area contributed by atoms with Crippen LogP contribution in [0, 0.1) is 0 Å². The third-order valence-corrected chi connectivity index (χ3v) is 2.61. The molecule has 0 saturated carbocycles. The molecule has 0 bridgehead atoms. The van der Waals surface area contributed by atoms with E-state index in [-0.39, 0.29) is 0 Å². The highest BCUT2D eigenvalue weighted by molar-refractivity contribution is 6.30. The van der Waals surface area contributed by atoms with Crippen molar-refractivity contribution < 1.29 is 9.84 Å². The van der Waals surface area contributed by atoms with Gasteiger partial charge in [-0.15, -0.1) is 0 Å². The molecule has 0 aliphatic carbocycles. The van der Waals surface area contributed by atoms with Gasteiger partial charge in [0.15, 0.2) is 0 Å². The summed E-state index contributed by atoms with van der Waals surface area (Å²) in [5.41, 5.74) is 5.11. The van der Waals surface area contributed by atoms with Crippen molar-refractivity contribution >= 4 is 11.6 Å². The number of hydrogen-bond donors (Lipinski definition) is 2. The highest BCUT2D eigenvalue weighted by atomic mass is 35.5. The zero-order valence-corrected chi connectivity index (χ0v) is 9.71. The first kappa shape index (κ1) is 12.3. The van der Waals surface area contributed by atoms with Gasteiger partial charge in [0.1, 0.15) is 5.75 Å². The quantitative estimate of drug-likeness (QED) is 0.829. The van der Waals surface area contributed by atoms with Crippen molar-refractivity contribution in [3.8, 4) is 5.75 Å². The molecule has 15 heavy (non-hydrogen) atoms. The number of methoxy groups -OCH3 is 1. The van der Waals surface area contributed by atoms with E-state index >= 15 is 0 Å². The number of hydrogen-bond acceptors (Lipinski definition) is 3. The first-order valence-electron chi connectivity index (χ1n) is 4.77. The lowest BCUT2D eigenvalue weighted by molar-refractivity contribution is 0.0479. The van der Waals surface area contributed by atoms with Crippen molar-refractivity contribution in [3.63, 3.8) is 0 Å². The van der Waals surface area contributed by atoms with Crippen LogP contribution in [0.1, 0.15) is 18.9 Å². The molecule has 1 unspecified atom stereocenters. The van der Waals surface area contributed by atoms with E-state index in [1.165, 1.54) is 0 Å². The van der Waals surface area contributed by atoms with Crippen LogP contribution in [-0.2, 0) is 5.60 Å². The Hall–Kier alpha value is -0.770. The van der Waals surface area contributed by atoms with E-state index in [0.717, 1.165) is 0 Å². The molecule has 0 aliphatic heterocycles. The molecule has 0 heterocycles. The van der Waals surface area contributed by atoms with Crippen LogP contribution in [0.25, 0.3) is 0 Å². The van der Waals surface area contributed by atoms with Gasteiger partial charge in [0.25, 0.3) is 0 Å².